The van der Waals surface area contributed by atoms with E-state index in [1.54, 1.807) is 32.0 Å². The lowest BCUT2D eigenvalue weighted by molar-refractivity contribution is 0.0656. The van der Waals surface area contributed by atoms with E-state index in [-0.39, 0.29) is 11.6 Å². The molecule has 21 heavy (non-hydrogen) atoms. The van der Waals surface area contributed by atoms with Gasteiger partial charge < -0.3 is 9.52 Å². The predicted molar refractivity (Wildman–Crippen MR) is 77.1 cm³/mol. The average Bonchev–Trinajstić information content (AvgIpc) is 2.92. The maximum Gasteiger partial charge on any atom is 0.371 e. The molecule has 2 aromatic rings. The highest BCUT2D eigenvalue weighted by atomic mass is 32.2. The Morgan fingerprint density at radius 2 is 1.90 bits per heavy atom. The second-order valence-electron chi connectivity index (χ2n) is 4.38. The van der Waals surface area contributed by atoms with Gasteiger partial charge >= 0.3 is 5.97 Å². The lowest BCUT2D eigenvalue weighted by Crippen LogP contribution is -2.31. The number of rotatable bonds is 5. The zero-order chi connectivity index (χ0) is 15.6. The number of anilines is 1. The van der Waals surface area contributed by atoms with E-state index in [1.165, 1.54) is 4.31 Å². The summed E-state index contributed by atoms with van der Waals surface area (Å²) in [7, 11) is -3.94. The number of furan rings is 1. The third-order valence-corrected chi connectivity index (χ3v) is 4.77. The summed E-state index contributed by atoms with van der Waals surface area (Å²) in [5.41, 5.74) is 1.33. The van der Waals surface area contributed by atoms with Crippen molar-refractivity contribution in [1.29, 1.82) is 0 Å². The highest BCUT2D eigenvalue weighted by Crippen LogP contribution is 2.27. The summed E-state index contributed by atoms with van der Waals surface area (Å²) in [6.07, 6.45) is 0. The first-order valence-corrected chi connectivity index (χ1v) is 7.73. The number of nitrogens with zero attached hydrogens (tertiary/aromatic N) is 1. The number of para-hydroxylation sites is 1. The van der Waals surface area contributed by atoms with Crippen molar-refractivity contribution < 1.29 is 22.7 Å². The number of aromatic carboxylic acids is 1. The van der Waals surface area contributed by atoms with Gasteiger partial charge in [0, 0.05) is 6.54 Å². The molecule has 1 N–H and O–H groups in total. The minimum absolute atomic E-state index is 0.205. The maximum absolute atomic E-state index is 12.6. The number of hydrogen-bond acceptors (Lipinski definition) is 4. The van der Waals surface area contributed by atoms with Crippen molar-refractivity contribution in [2.45, 2.75) is 18.9 Å². The number of carbonyl (C=O) groups is 1. The monoisotopic (exact) mass is 309 g/mol. The van der Waals surface area contributed by atoms with Crippen molar-refractivity contribution >= 4 is 21.7 Å². The molecule has 7 heteroatoms. The quantitative estimate of drug-likeness (QED) is 0.916. The van der Waals surface area contributed by atoms with Crippen LogP contribution >= 0.6 is 0 Å². The summed E-state index contributed by atoms with van der Waals surface area (Å²) in [5.74, 6) is -1.72. The number of aryl methyl sites for hydroxylation is 1. The van der Waals surface area contributed by atoms with Crippen molar-refractivity contribution in [3.8, 4) is 0 Å². The Bertz CT molecular complexity index is 763. The SMILES string of the molecule is CCN(c1ccccc1C)S(=O)(=O)c1ccc(C(=O)O)o1. The lowest BCUT2D eigenvalue weighted by Gasteiger charge is -2.23. The van der Waals surface area contributed by atoms with Crippen molar-refractivity contribution in [2.75, 3.05) is 10.8 Å². The van der Waals surface area contributed by atoms with Crippen LogP contribution in [0.2, 0.25) is 0 Å². The van der Waals surface area contributed by atoms with E-state index in [1.807, 2.05) is 6.07 Å². The average molecular weight is 309 g/mol. The zero-order valence-corrected chi connectivity index (χ0v) is 12.4. The predicted octanol–water partition coefficient (Wildman–Crippen LogP) is 2.50. The summed E-state index contributed by atoms with van der Waals surface area (Å²) in [6, 6.07) is 9.33. The van der Waals surface area contributed by atoms with Crippen LogP contribution in [0.25, 0.3) is 0 Å². The van der Waals surface area contributed by atoms with Crippen LogP contribution in [0, 0.1) is 6.92 Å². The van der Waals surface area contributed by atoms with Gasteiger partial charge in [-0.15, -0.1) is 0 Å². The van der Waals surface area contributed by atoms with Crippen molar-refractivity contribution in [2.24, 2.45) is 0 Å². The number of carboxylic acid groups (broad SMARTS) is 1. The fourth-order valence-electron chi connectivity index (χ4n) is 2.00. The topological polar surface area (TPSA) is 87.8 Å². The molecule has 0 spiro atoms. The van der Waals surface area contributed by atoms with Gasteiger partial charge in [-0.25, -0.2) is 4.79 Å². The summed E-state index contributed by atoms with van der Waals surface area (Å²) in [6.45, 7) is 3.71. The normalized spacial score (nSPS) is 11.3. The Balaban J connectivity index is 2.49. The molecular weight excluding hydrogens is 294 g/mol. The molecule has 0 bridgehead atoms. The van der Waals surface area contributed by atoms with Gasteiger partial charge in [-0.05, 0) is 37.6 Å². The molecule has 0 aliphatic heterocycles. The summed E-state index contributed by atoms with van der Waals surface area (Å²) >= 11 is 0. The minimum atomic E-state index is -3.94. The van der Waals surface area contributed by atoms with Crippen LogP contribution in [0.1, 0.15) is 23.0 Å². The van der Waals surface area contributed by atoms with Gasteiger partial charge in [0.15, 0.2) is 0 Å². The van der Waals surface area contributed by atoms with Crippen LogP contribution in [-0.2, 0) is 10.0 Å². The summed E-state index contributed by atoms with van der Waals surface area (Å²) in [4.78, 5) is 10.8. The smallest absolute Gasteiger partial charge is 0.371 e. The zero-order valence-electron chi connectivity index (χ0n) is 11.6. The first-order chi connectivity index (χ1) is 9.87. The third kappa shape index (κ3) is 2.78. The highest BCUT2D eigenvalue weighted by molar-refractivity contribution is 7.92. The molecule has 0 atom stereocenters. The van der Waals surface area contributed by atoms with E-state index in [4.69, 9.17) is 9.52 Å². The fourth-order valence-corrected chi connectivity index (χ4v) is 3.45. The number of sulfonamides is 1. The van der Waals surface area contributed by atoms with Crippen LogP contribution in [0.5, 0.6) is 0 Å². The van der Waals surface area contributed by atoms with Gasteiger partial charge in [0.2, 0.25) is 10.9 Å². The van der Waals surface area contributed by atoms with Crippen molar-refractivity contribution in [3.05, 3.63) is 47.7 Å². The van der Waals surface area contributed by atoms with Gasteiger partial charge in [0.05, 0.1) is 5.69 Å². The Labute approximate surface area is 122 Å². The number of hydrogen-bond donors (Lipinski definition) is 1. The molecular formula is C14H15NO5S. The molecule has 1 heterocycles. The first kappa shape index (κ1) is 15.1. The van der Waals surface area contributed by atoms with E-state index in [9.17, 15) is 13.2 Å². The molecule has 0 radical (unpaired) electrons. The molecule has 1 aromatic heterocycles. The standard InChI is InChI=1S/C14H15NO5S/c1-3-15(11-7-5-4-6-10(11)2)21(18,19)13-9-8-12(20-13)14(16)17/h4-9H,3H2,1-2H3,(H,16,17). The molecule has 0 saturated heterocycles. The second kappa shape index (κ2) is 5.61. The Kier molecular flexibility index (Phi) is 4.04. The van der Waals surface area contributed by atoms with Gasteiger partial charge in [-0.2, -0.15) is 8.42 Å². The fraction of sp³-hybridized carbons (Fsp3) is 0.214. The maximum atomic E-state index is 12.6. The van der Waals surface area contributed by atoms with Crippen LogP contribution < -0.4 is 4.31 Å². The molecule has 0 fully saturated rings. The lowest BCUT2D eigenvalue weighted by atomic mass is 10.2. The molecule has 0 unspecified atom stereocenters. The third-order valence-electron chi connectivity index (χ3n) is 3.01. The molecule has 2 rings (SSSR count). The molecule has 0 amide bonds. The van der Waals surface area contributed by atoms with Gasteiger partial charge in [-0.3, -0.25) is 4.31 Å². The van der Waals surface area contributed by atoms with Gasteiger partial charge in [0.25, 0.3) is 10.0 Å². The van der Waals surface area contributed by atoms with E-state index in [0.717, 1.165) is 17.7 Å². The Morgan fingerprint density at radius 1 is 1.24 bits per heavy atom. The number of carboxylic acids is 1. The van der Waals surface area contributed by atoms with Crippen LogP contribution in [0.15, 0.2) is 45.9 Å². The van der Waals surface area contributed by atoms with E-state index in [0.29, 0.717) is 5.69 Å². The van der Waals surface area contributed by atoms with Crippen LogP contribution in [0.4, 0.5) is 5.69 Å². The Hall–Kier alpha value is -2.28. The highest BCUT2D eigenvalue weighted by Gasteiger charge is 2.28. The van der Waals surface area contributed by atoms with Crippen molar-refractivity contribution in [3.63, 3.8) is 0 Å². The summed E-state index contributed by atoms with van der Waals surface area (Å²) in [5, 5.41) is 8.43. The minimum Gasteiger partial charge on any atom is -0.475 e. The molecule has 0 saturated carbocycles. The van der Waals surface area contributed by atoms with Gasteiger partial charge in [-0.1, -0.05) is 18.2 Å². The van der Waals surface area contributed by atoms with Gasteiger partial charge in [0.1, 0.15) is 0 Å². The first-order valence-electron chi connectivity index (χ1n) is 6.29. The molecule has 6 nitrogen and oxygen atoms in total. The van der Waals surface area contributed by atoms with Crippen molar-refractivity contribution in [1.82, 2.24) is 0 Å². The molecule has 0 aliphatic carbocycles. The largest absolute Gasteiger partial charge is 0.475 e. The molecule has 1 aromatic carbocycles. The van der Waals surface area contributed by atoms with E-state index in [2.05, 4.69) is 0 Å². The molecule has 0 aliphatic rings. The van der Waals surface area contributed by atoms with Crippen LogP contribution in [0.3, 0.4) is 0 Å². The van der Waals surface area contributed by atoms with E-state index < -0.39 is 21.8 Å². The van der Waals surface area contributed by atoms with Crippen LogP contribution in [-0.4, -0.2) is 26.0 Å². The summed E-state index contributed by atoms with van der Waals surface area (Å²) < 4.78 is 31.3. The second-order valence-corrected chi connectivity index (χ2v) is 6.17. The molecule has 112 valence electrons. The van der Waals surface area contributed by atoms with E-state index >= 15 is 0 Å². The number of benzene rings is 1. The Morgan fingerprint density at radius 3 is 2.43 bits per heavy atom.